The molecule has 0 radical (unpaired) electrons. The summed E-state index contributed by atoms with van der Waals surface area (Å²) in [5.74, 6) is 3.12. The second-order valence-corrected chi connectivity index (χ2v) is 8.50. The Bertz CT molecular complexity index is 1250. The molecule has 0 fully saturated rings. The third-order valence-electron chi connectivity index (χ3n) is 6.96. The Morgan fingerprint density at radius 2 is 1.72 bits per heavy atom. The van der Waals surface area contributed by atoms with Crippen LogP contribution in [0.15, 0.2) is 41.1 Å². The molecule has 1 aromatic heterocycles. The van der Waals surface area contributed by atoms with Crippen molar-refractivity contribution in [3.8, 4) is 18.1 Å². The third-order valence-corrected chi connectivity index (χ3v) is 6.96. The summed E-state index contributed by atoms with van der Waals surface area (Å²) in [6.07, 6.45) is 6.72. The van der Waals surface area contributed by atoms with Gasteiger partial charge in [0.1, 0.15) is 18.1 Å². The van der Waals surface area contributed by atoms with Crippen LogP contribution in [0.1, 0.15) is 62.2 Å². The van der Waals surface area contributed by atoms with E-state index in [1.165, 1.54) is 8.96 Å². The Labute approximate surface area is 189 Å². The Hall–Kier alpha value is -3.07. The Balaban J connectivity index is 2.09. The molecule has 3 heterocycles. The van der Waals surface area contributed by atoms with Crippen molar-refractivity contribution in [2.75, 3.05) is 6.61 Å². The minimum atomic E-state index is -4.01. The maximum atomic E-state index is 16.2. The highest BCUT2D eigenvalue weighted by molar-refractivity contribution is 6.58. The molecule has 0 saturated heterocycles. The van der Waals surface area contributed by atoms with Crippen LogP contribution < -0.4 is 4.74 Å². The molecule has 0 amide bonds. The van der Waals surface area contributed by atoms with Gasteiger partial charge in [-0.05, 0) is 68.1 Å². The number of fused-ring (bicyclic) bond motifs is 2. The summed E-state index contributed by atoms with van der Waals surface area (Å²) >= 11 is 0. The maximum absolute atomic E-state index is 16.2. The summed E-state index contributed by atoms with van der Waals surface area (Å²) in [5.41, 5.74) is 8.11. The van der Waals surface area contributed by atoms with Crippen LogP contribution in [-0.2, 0) is 6.42 Å². The van der Waals surface area contributed by atoms with Crippen molar-refractivity contribution in [2.24, 2.45) is 0 Å². The summed E-state index contributed by atoms with van der Waals surface area (Å²) < 4.78 is 40.5. The van der Waals surface area contributed by atoms with Crippen LogP contribution >= 0.6 is 0 Å². The molecule has 166 valence electrons. The minimum Gasteiger partial charge on any atom is -0.481 e. The van der Waals surface area contributed by atoms with E-state index in [0.717, 1.165) is 33.4 Å². The van der Waals surface area contributed by atoms with Crippen molar-refractivity contribution in [3.05, 3.63) is 69.2 Å². The molecule has 0 atom stereocenters. The van der Waals surface area contributed by atoms with Crippen LogP contribution in [0.2, 0.25) is 0 Å². The van der Waals surface area contributed by atoms with Gasteiger partial charge in [0.2, 0.25) is 0 Å². The molecule has 0 aliphatic carbocycles. The lowest BCUT2D eigenvalue weighted by atomic mass is 9.83. The van der Waals surface area contributed by atoms with Crippen LogP contribution in [0.3, 0.4) is 0 Å². The van der Waals surface area contributed by atoms with Gasteiger partial charge >= 0.3 is 6.97 Å². The van der Waals surface area contributed by atoms with E-state index < -0.39 is 6.97 Å². The van der Waals surface area contributed by atoms with Crippen LogP contribution in [0.4, 0.5) is 8.63 Å². The smallest absolute Gasteiger partial charge is 0.481 e. The average molecular weight is 434 g/mol. The molecule has 2 aromatic rings. The molecule has 0 spiro atoms. The number of nitrogens with zero attached hydrogens (tertiary/aromatic N) is 2. The number of allylic oxidation sites excluding steroid dienone is 2. The lowest BCUT2D eigenvalue weighted by Gasteiger charge is -2.34. The number of aromatic nitrogens is 1. The van der Waals surface area contributed by atoms with Gasteiger partial charge in [0.05, 0.1) is 5.57 Å². The van der Waals surface area contributed by atoms with Gasteiger partial charge in [0, 0.05) is 23.8 Å². The zero-order chi connectivity index (χ0) is 23.4. The number of halogens is 2. The number of benzene rings is 1. The van der Waals surface area contributed by atoms with Gasteiger partial charge in [-0.25, -0.2) is 0 Å². The first kappa shape index (κ1) is 22.1. The van der Waals surface area contributed by atoms with Gasteiger partial charge in [0.25, 0.3) is 0 Å². The monoisotopic (exact) mass is 434 g/mol. The van der Waals surface area contributed by atoms with Crippen molar-refractivity contribution >= 4 is 18.3 Å². The van der Waals surface area contributed by atoms with Crippen molar-refractivity contribution in [2.45, 2.75) is 54.4 Å². The molecule has 0 saturated carbocycles. The fourth-order valence-corrected chi connectivity index (χ4v) is 5.59. The van der Waals surface area contributed by atoms with E-state index in [1.807, 2.05) is 65.8 Å². The predicted molar refractivity (Wildman–Crippen MR) is 127 cm³/mol. The van der Waals surface area contributed by atoms with E-state index in [0.29, 0.717) is 41.4 Å². The molecule has 0 N–H and O–H groups in total. The highest BCUT2D eigenvalue weighted by Gasteiger charge is 2.56. The van der Waals surface area contributed by atoms with Crippen molar-refractivity contribution in [1.82, 2.24) is 4.48 Å². The van der Waals surface area contributed by atoms with Gasteiger partial charge in [-0.3, -0.25) is 0 Å². The first-order valence-electron chi connectivity index (χ1n) is 11.2. The van der Waals surface area contributed by atoms with E-state index in [2.05, 4.69) is 5.92 Å². The van der Waals surface area contributed by atoms with E-state index in [1.54, 1.807) is 0 Å². The number of hydrogen-bond donors (Lipinski definition) is 0. The van der Waals surface area contributed by atoms with Crippen LogP contribution in [0.25, 0.3) is 5.57 Å². The van der Waals surface area contributed by atoms with Gasteiger partial charge < -0.3 is 22.3 Å². The zero-order valence-electron chi connectivity index (χ0n) is 19.6. The van der Waals surface area contributed by atoms with E-state index >= 15 is 8.63 Å². The van der Waals surface area contributed by atoms with E-state index in [4.69, 9.17) is 11.2 Å². The van der Waals surface area contributed by atoms with Crippen molar-refractivity contribution < 1.29 is 17.9 Å². The minimum absolute atomic E-state index is 0.187. The molecule has 6 heteroatoms. The molecular formula is C26H29BF2N2O. The maximum Gasteiger partial charge on any atom is 0.737 e. The van der Waals surface area contributed by atoms with E-state index in [-0.39, 0.29) is 6.61 Å². The summed E-state index contributed by atoms with van der Waals surface area (Å²) in [5, 5.41) is 0. The van der Waals surface area contributed by atoms with Crippen LogP contribution in [0, 0.1) is 26.2 Å². The second kappa shape index (κ2) is 7.81. The molecule has 0 bridgehead atoms. The summed E-state index contributed by atoms with van der Waals surface area (Å²) in [6, 6.07) is 7.58. The van der Waals surface area contributed by atoms with E-state index in [9.17, 15) is 0 Å². The topological polar surface area (TPSA) is 17.2 Å². The number of terminal acetylenes is 1. The highest BCUT2D eigenvalue weighted by Crippen LogP contribution is 2.47. The molecule has 1 aromatic carbocycles. The SMILES string of the molecule is C#CCOc1ccc(C2=C3C(C)=C(CC)C(C)=[N+]3[B-](F)(F)n3c(C)c(CC)c(C)c32)cc1. The molecule has 32 heavy (non-hydrogen) atoms. The molecular weight excluding hydrogens is 405 g/mol. The fourth-order valence-electron chi connectivity index (χ4n) is 5.59. The quantitative estimate of drug-likeness (QED) is 0.424. The summed E-state index contributed by atoms with van der Waals surface area (Å²) in [4.78, 5) is 0. The number of rotatable bonds is 5. The normalized spacial score (nSPS) is 17.0. The lowest BCUT2D eigenvalue weighted by molar-refractivity contribution is -0.363. The van der Waals surface area contributed by atoms with Crippen molar-refractivity contribution in [3.63, 3.8) is 0 Å². The van der Waals surface area contributed by atoms with Crippen LogP contribution in [-0.4, -0.2) is 28.3 Å². The average Bonchev–Trinajstić information content (AvgIpc) is 3.18. The lowest BCUT2D eigenvalue weighted by Crippen LogP contribution is -2.51. The molecule has 2 aliphatic rings. The molecule has 0 unspecified atom stereocenters. The first-order chi connectivity index (χ1) is 15.2. The van der Waals surface area contributed by atoms with Crippen molar-refractivity contribution in [1.29, 1.82) is 0 Å². The molecule has 2 aliphatic heterocycles. The second-order valence-electron chi connectivity index (χ2n) is 8.50. The highest BCUT2D eigenvalue weighted by atomic mass is 19.2. The Morgan fingerprint density at radius 3 is 2.28 bits per heavy atom. The Morgan fingerprint density at radius 1 is 1.06 bits per heavy atom. The van der Waals surface area contributed by atoms with Gasteiger partial charge in [-0.15, -0.1) is 6.42 Å². The number of ether oxygens (including phenoxy) is 1. The summed E-state index contributed by atoms with van der Waals surface area (Å²) in [6.45, 7) is 7.80. The molecule has 3 nitrogen and oxygen atoms in total. The van der Waals surface area contributed by atoms with Gasteiger partial charge in [-0.1, -0.05) is 31.9 Å². The summed E-state index contributed by atoms with van der Waals surface area (Å²) in [7, 11) is 0. The fraction of sp³-hybridized carbons (Fsp3) is 0.346. The third kappa shape index (κ3) is 2.91. The van der Waals surface area contributed by atoms with Crippen LogP contribution in [0.5, 0.6) is 5.75 Å². The standard InChI is InChI=1S/C26H29BF2N2O/c1-8-15-32-21-13-11-20(12-14-21)24-25-16(4)22(9-2)18(6)30(25)27(28,29)31-19(7)23(10-3)17(5)26(24)31/h1,11-14H,9-10,15H2,2-7H3. The predicted octanol–water partition coefficient (Wildman–Crippen LogP) is 5.89. The number of hydrogen-bond acceptors (Lipinski definition) is 1. The zero-order valence-corrected chi connectivity index (χ0v) is 19.6. The largest absolute Gasteiger partial charge is 0.737 e. The first-order valence-corrected chi connectivity index (χ1v) is 11.2. The van der Waals surface area contributed by atoms with Gasteiger partial charge in [-0.2, -0.15) is 0 Å². The Kier molecular flexibility index (Phi) is 5.40. The molecule has 4 rings (SSSR count). The van der Waals surface area contributed by atoms with Gasteiger partial charge in [0.15, 0.2) is 5.70 Å².